The molecule has 0 saturated heterocycles. The lowest BCUT2D eigenvalue weighted by Gasteiger charge is -2.04. The molecule has 0 spiro atoms. The zero-order chi connectivity index (χ0) is 15.8. The van der Waals surface area contributed by atoms with Crippen LogP contribution in [0.5, 0.6) is 0 Å². The maximum Gasteiger partial charge on any atom is 0.0509 e. The van der Waals surface area contributed by atoms with E-state index >= 15 is 0 Å². The number of thiophene rings is 1. The summed E-state index contributed by atoms with van der Waals surface area (Å²) in [6.07, 6.45) is 2.64. The van der Waals surface area contributed by atoms with Crippen molar-refractivity contribution in [3.8, 4) is 11.3 Å². The molecule has 0 atom stereocenters. The van der Waals surface area contributed by atoms with E-state index in [1.165, 1.54) is 16.5 Å². The molecule has 0 aliphatic carbocycles. The zero-order valence-corrected chi connectivity index (χ0v) is 14.2. The molecule has 3 heterocycles. The molecule has 1 N–H and O–H groups in total. The molecule has 0 amide bonds. The minimum Gasteiger partial charge on any atom is -0.354 e. The molecule has 4 heteroatoms. The number of fused-ring (bicyclic) bond motifs is 1. The molecule has 0 saturated carbocycles. The summed E-state index contributed by atoms with van der Waals surface area (Å²) >= 11 is 8.01. The van der Waals surface area contributed by atoms with Gasteiger partial charge >= 0.3 is 0 Å². The maximum atomic E-state index is 6.30. The molecule has 0 unspecified atom stereocenters. The molecule has 0 aliphatic rings. The number of nitrogens with zero attached hydrogens (tertiary/aromatic N) is 1. The number of halogens is 1. The van der Waals surface area contributed by atoms with E-state index in [9.17, 15) is 0 Å². The van der Waals surface area contributed by atoms with E-state index in [0.717, 1.165) is 33.9 Å². The minimum absolute atomic E-state index is 0.792. The summed E-state index contributed by atoms with van der Waals surface area (Å²) in [5, 5.41) is 6.28. The molecule has 3 aromatic heterocycles. The van der Waals surface area contributed by atoms with Crippen molar-refractivity contribution in [3.05, 3.63) is 75.2 Å². The van der Waals surface area contributed by atoms with Gasteiger partial charge in [0, 0.05) is 45.2 Å². The molecule has 0 bridgehead atoms. The number of aryl methyl sites for hydroxylation is 1. The second-order valence-corrected chi connectivity index (χ2v) is 6.82. The molecule has 0 aliphatic heterocycles. The average molecular weight is 339 g/mol. The van der Waals surface area contributed by atoms with E-state index < -0.39 is 0 Å². The van der Waals surface area contributed by atoms with Gasteiger partial charge in [-0.3, -0.25) is 4.98 Å². The summed E-state index contributed by atoms with van der Waals surface area (Å²) in [4.78, 5) is 8.03. The standard InChI is InChI=1S/C19H15ClN2S/c1-12-8-15-16(9-14-4-2-3-6-21-14)19(13-5-7-23-11-13)22-18(15)10-17(12)20/h2-8,10-11,22H,9H2,1H3. The Morgan fingerprint density at radius 2 is 2.13 bits per heavy atom. The largest absolute Gasteiger partial charge is 0.354 e. The summed E-state index contributed by atoms with van der Waals surface area (Å²) in [5.74, 6) is 0. The lowest BCUT2D eigenvalue weighted by molar-refractivity contribution is 1.08. The Bertz CT molecular complexity index is 956. The second kappa shape index (κ2) is 5.84. The fourth-order valence-electron chi connectivity index (χ4n) is 2.90. The summed E-state index contributed by atoms with van der Waals surface area (Å²) < 4.78 is 0. The van der Waals surface area contributed by atoms with Crippen LogP contribution in [0.1, 0.15) is 16.8 Å². The number of rotatable bonds is 3. The van der Waals surface area contributed by atoms with E-state index in [0.29, 0.717) is 0 Å². The van der Waals surface area contributed by atoms with Gasteiger partial charge in [-0.2, -0.15) is 11.3 Å². The smallest absolute Gasteiger partial charge is 0.0509 e. The van der Waals surface area contributed by atoms with E-state index in [2.05, 4.69) is 38.9 Å². The summed E-state index contributed by atoms with van der Waals surface area (Å²) in [6.45, 7) is 2.05. The molecule has 4 aromatic rings. The van der Waals surface area contributed by atoms with Crippen LogP contribution in [0, 0.1) is 6.92 Å². The molecule has 23 heavy (non-hydrogen) atoms. The van der Waals surface area contributed by atoms with E-state index in [4.69, 9.17) is 11.6 Å². The van der Waals surface area contributed by atoms with Crippen molar-refractivity contribution in [1.82, 2.24) is 9.97 Å². The molecule has 114 valence electrons. The van der Waals surface area contributed by atoms with Gasteiger partial charge < -0.3 is 4.98 Å². The Labute approximate surface area is 143 Å². The Kier molecular flexibility index (Phi) is 3.68. The number of aromatic nitrogens is 2. The summed E-state index contributed by atoms with van der Waals surface area (Å²) in [7, 11) is 0. The van der Waals surface area contributed by atoms with Gasteiger partial charge in [-0.15, -0.1) is 0 Å². The van der Waals surface area contributed by atoms with Gasteiger partial charge in [-0.25, -0.2) is 0 Å². The second-order valence-electron chi connectivity index (χ2n) is 5.64. The Balaban J connectivity index is 1.94. The average Bonchev–Trinajstić information content (AvgIpc) is 3.18. The number of hydrogen-bond acceptors (Lipinski definition) is 2. The molecular weight excluding hydrogens is 324 g/mol. The van der Waals surface area contributed by atoms with Crippen LogP contribution < -0.4 is 0 Å². The fraction of sp³-hybridized carbons (Fsp3) is 0.105. The Morgan fingerprint density at radius 3 is 2.87 bits per heavy atom. The molecule has 0 fully saturated rings. The molecule has 4 rings (SSSR count). The first kappa shape index (κ1) is 14.5. The highest BCUT2D eigenvalue weighted by molar-refractivity contribution is 7.08. The first-order valence-electron chi connectivity index (χ1n) is 7.45. The third kappa shape index (κ3) is 2.67. The van der Waals surface area contributed by atoms with E-state index in [-0.39, 0.29) is 0 Å². The van der Waals surface area contributed by atoms with Gasteiger partial charge in [0.25, 0.3) is 0 Å². The van der Waals surface area contributed by atoms with Crippen LogP contribution in [0.15, 0.2) is 53.4 Å². The normalized spacial score (nSPS) is 11.2. The number of benzene rings is 1. The first-order valence-corrected chi connectivity index (χ1v) is 8.77. The number of nitrogens with one attached hydrogen (secondary N) is 1. The molecular formula is C19H15ClN2S. The van der Waals surface area contributed by atoms with Crippen LogP contribution >= 0.6 is 22.9 Å². The van der Waals surface area contributed by atoms with Crippen LogP contribution in [-0.4, -0.2) is 9.97 Å². The number of pyridine rings is 1. The maximum absolute atomic E-state index is 6.30. The summed E-state index contributed by atoms with van der Waals surface area (Å²) in [6, 6.07) is 12.4. The predicted octanol–water partition coefficient (Wildman–Crippen LogP) is 5.84. The number of aromatic amines is 1. The van der Waals surface area contributed by atoms with Gasteiger partial charge in [0.2, 0.25) is 0 Å². The summed E-state index contributed by atoms with van der Waals surface area (Å²) in [5.41, 5.74) is 6.89. The lowest BCUT2D eigenvalue weighted by Crippen LogP contribution is -1.92. The van der Waals surface area contributed by atoms with Crippen molar-refractivity contribution in [2.45, 2.75) is 13.3 Å². The van der Waals surface area contributed by atoms with Crippen molar-refractivity contribution < 1.29 is 0 Å². The van der Waals surface area contributed by atoms with Gasteiger partial charge in [0.05, 0.1) is 5.69 Å². The van der Waals surface area contributed by atoms with Gasteiger partial charge in [-0.1, -0.05) is 17.7 Å². The quantitative estimate of drug-likeness (QED) is 0.499. The lowest BCUT2D eigenvalue weighted by atomic mass is 10.0. The van der Waals surface area contributed by atoms with Crippen molar-refractivity contribution in [2.24, 2.45) is 0 Å². The highest BCUT2D eigenvalue weighted by Crippen LogP contribution is 2.35. The monoisotopic (exact) mass is 338 g/mol. The molecule has 1 aromatic carbocycles. The van der Waals surface area contributed by atoms with Gasteiger partial charge in [0.15, 0.2) is 0 Å². The van der Waals surface area contributed by atoms with Gasteiger partial charge in [0.1, 0.15) is 0 Å². The third-order valence-corrected chi connectivity index (χ3v) is 5.17. The van der Waals surface area contributed by atoms with Crippen molar-refractivity contribution in [3.63, 3.8) is 0 Å². The van der Waals surface area contributed by atoms with E-state index in [1.54, 1.807) is 11.3 Å². The van der Waals surface area contributed by atoms with Crippen LogP contribution in [0.2, 0.25) is 5.02 Å². The van der Waals surface area contributed by atoms with E-state index in [1.807, 2.05) is 31.3 Å². The predicted molar refractivity (Wildman–Crippen MR) is 98.4 cm³/mol. The van der Waals surface area contributed by atoms with Crippen LogP contribution in [0.25, 0.3) is 22.2 Å². The van der Waals surface area contributed by atoms with Crippen molar-refractivity contribution in [1.29, 1.82) is 0 Å². The van der Waals surface area contributed by atoms with Crippen LogP contribution in [0.3, 0.4) is 0 Å². The zero-order valence-electron chi connectivity index (χ0n) is 12.6. The highest BCUT2D eigenvalue weighted by Gasteiger charge is 2.15. The fourth-order valence-corrected chi connectivity index (χ4v) is 3.71. The SMILES string of the molecule is Cc1cc2c(Cc3ccccn3)c(-c3ccsc3)[nH]c2cc1Cl. The topological polar surface area (TPSA) is 28.7 Å². The van der Waals surface area contributed by atoms with Gasteiger partial charge in [-0.05, 0) is 53.8 Å². The molecule has 2 nitrogen and oxygen atoms in total. The highest BCUT2D eigenvalue weighted by atomic mass is 35.5. The first-order chi connectivity index (χ1) is 11.2. The van der Waals surface area contributed by atoms with Crippen molar-refractivity contribution in [2.75, 3.05) is 0 Å². The van der Waals surface area contributed by atoms with Crippen LogP contribution in [0.4, 0.5) is 0 Å². The Hall–Kier alpha value is -2.10. The third-order valence-electron chi connectivity index (χ3n) is 4.08. The number of H-pyrrole nitrogens is 1. The minimum atomic E-state index is 0.792. The van der Waals surface area contributed by atoms with Crippen molar-refractivity contribution >= 4 is 33.8 Å². The Morgan fingerprint density at radius 1 is 1.22 bits per heavy atom. The molecule has 0 radical (unpaired) electrons. The van der Waals surface area contributed by atoms with Crippen LogP contribution in [-0.2, 0) is 6.42 Å². The number of hydrogen-bond donors (Lipinski definition) is 1.